The molecular weight excluding hydrogens is 430 g/mol. The Morgan fingerprint density at radius 2 is 2.00 bits per heavy atom. The molecule has 1 aromatic heterocycles. The number of hydrogen-bond donors (Lipinski definition) is 0. The quantitative estimate of drug-likeness (QED) is 0.200. The SMILES string of the molecule is CCOC(=O)CCC(Oc1cc(OCc2ccsc2)ccc1[N+](=O)[O-])c1ccccc1C. The van der Waals surface area contributed by atoms with Gasteiger partial charge in [0, 0.05) is 18.6 Å². The predicted molar refractivity (Wildman–Crippen MR) is 122 cm³/mol. The fraction of sp³-hybridized carbons (Fsp3) is 0.292. The van der Waals surface area contributed by atoms with Crippen LogP contribution in [0.1, 0.15) is 42.6 Å². The van der Waals surface area contributed by atoms with E-state index in [-0.39, 0.29) is 23.8 Å². The Labute approximate surface area is 190 Å². The summed E-state index contributed by atoms with van der Waals surface area (Å²) >= 11 is 1.57. The molecular formula is C24H25NO6S. The summed E-state index contributed by atoms with van der Waals surface area (Å²) in [4.78, 5) is 23.1. The number of carbonyl (C=O) groups excluding carboxylic acids is 1. The van der Waals surface area contributed by atoms with Gasteiger partial charge in [-0.05, 0) is 59.9 Å². The average Bonchev–Trinajstić information content (AvgIpc) is 3.29. The summed E-state index contributed by atoms with van der Waals surface area (Å²) in [6, 6.07) is 14.0. The Hall–Kier alpha value is -3.39. The summed E-state index contributed by atoms with van der Waals surface area (Å²) in [5.74, 6) is 0.220. The van der Waals surface area contributed by atoms with Crippen LogP contribution in [0.3, 0.4) is 0 Å². The first-order valence-corrected chi connectivity index (χ1v) is 11.2. The minimum absolute atomic E-state index is 0.0925. The topological polar surface area (TPSA) is 87.9 Å². The van der Waals surface area contributed by atoms with Crippen LogP contribution in [-0.2, 0) is 16.1 Å². The van der Waals surface area contributed by atoms with E-state index in [0.717, 1.165) is 16.7 Å². The number of thiophene rings is 1. The van der Waals surface area contributed by atoms with Crippen molar-refractivity contribution in [3.05, 3.63) is 86.1 Å². The molecule has 0 amide bonds. The van der Waals surface area contributed by atoms with Crippen molar-refractivity contribution in [3.63, 3.8) is 0 Å². The van der Waals surface area contributed by atoms with Gasteiger partial charge in [0.1, 0.15) is 18.5 Å². The van der Waals surface area contributed by atoms with Crippen LogP contribution in [0.25, 0.3) is 0 Å². The van der Waals surface area contributed by atoms with Gasteiger partial charge in [0.2, 0.25) is 5.75 Å². The van der Waals surface area contributed by atoms with Crippen molar-refractivity contribution < 1.29 is 23.9 Å². The number of aryl methyl sites for hydroxylation is 1. The molecule has 0 saturated heterocycles. The third kappa shape index (κ3) is 6.31. The van der Waals surface area contributed by atoms with Crippen molar-refractivity contribution in [1.29, 1.82) is 0 Å². The number of nitrogens with zero attached hydrogens (tertiary/aromatic N) is 1. The van der Waals surface area contributed by atoms with Gasteiger partial charge in [-0.2, -0.15) is 11.3 Å². The van der Waals surface area contributed by atoms with E-state index in [1.54, 1.807) is 24.3 Å². The van der Waals surface area contributed by atoms with E-state index in [1.807, 2.05) is 48.0 Å². The lowest BCUT2D eigenvalue weighted by Gasteiger charge is -2.21. The molecule has 1 unspecified atom stereocenters. The maximum absolute atomic E-state index is 11.9. The molecule has 32 heavy (non-hydrogen) atoms. The summed E-state index contributed by atoms with van der Waals surface area (Å²) < 4.78 is 17.0. The smallest absolute Gasteiger partial charge is 0.311 e. The van der Waals surface area contributed by atoms with E-state index >= 15 is 0 Å². The van der Waals surface area contributed by atoms with Crippen LogP contribution >= 0.6 is 11.3 Å². The zero-order valence-corrected chi connectivity index (χ0v) is 18.8. The van der Waals surface area contributed by atoms with Crippen LogP contribution in [0.2, 0.25) is 0 Å². The van der Waals surface area contributed by atoms with Crippen LogP contribution in [0.4, 0.5) is 5.69 Å². The number of hydrogen-bond acceptors (Lipinski definition) is 7. The normalized spacial score (nSPS) is 11.6. The minimum atomic E-state index is -0.563. The first-order valence-electron chi connectivity index (χ1n) is 10.3. The molecule has 0 bridgehead atoms. The molecule has 7 nitrogen and oxygen atoms in total. The van der Waals surface area contributed by atoms with Gasteiger partial charge in [-0.15, -0.1) is 0 Å². The Morgan fingerprint density at radius 1 is 1.19 bits per heavy atom. The van der Waals surface area contributed by atoms with E-state index in [1.165, 1.54) is 12.1 Å². The fourth-order valence-electron chi connectivity index (χ4n) is 3.23. The molecule has 0 aliphatic heterocycles. The maximum atomic E-state index is 11.9. The van der Waals surface area contributed by atoms with Crippen LogP contribution in [0, 0.1) is 17.0 Å². The third-order valence-electron chi connectivity index (χ3n) is 4.83. The van der Waals surface area contributed by atoms with Gasteiger partial charge in [-0.1, -0.05) is 24.3 Å². The molecule has 2 aromatic carbocycles. The highest BCUT2D eigenvalue weighted by atomic mass is 32.1. The lowest BCUT2D eigenvalue weighted by Crippen LogP contribution is -2.14. The van der Waals surface area contributed by atoms with Crippen LogP contribution in [0.5, 0.6) is 11.5 Å². The summed E-state index contributed by atoms with van der Waals surface area (Å²) in [6.07, 6.45) is -0.109. The van der Waals surface area contributed by atoms with Gasteiger partial charge in [-0.3, -0.25) is 14.9 Å². The Kier molecular flexibility index (Phi) is 8.21. The van der Waals surface area contributed by atoms with E-state index in [9.17, 15) is 14.9 Å². The Balaban J connectivity index is 1.86. The number of nitro groups is 1. The van der Waals surface area contributed by atoms with Crippen molar-refractivity contribution in [2.24, 2.45) is 0 Å². The second-order valence-electron chi connectivity index (χ2n) is 7.11. The lowest BCUT2D eigenvalue weighted by atomic mass is 9.99. The highest BCUT2D eigenvalue weighted by Gasteiger charge is 2.23. The molecule has 0 saturated carbocycles. The minimum Gasteiger partial charge on any atom is -0.489 e. The van der Waals surface area contributed by atoms with Crippen molar-refractivity contribution in [1.82, 2.24) is 0 Å². The summed E-state index contributed by atoms with van der Waals surface area (Å²) in [5.41, 5.74) is 2.68. The Bertz CT molecular complexity index is 1050. The van der Waals surface area contributed by atoms with Crippen LogP contribution in [0.15, 0.2) is 59.3 Å². The van der Waals surface area contributed by atoms with Gasteiger partial charge in [-0.25, -0.2) is 0 Å². The highest BCUT2D eigenvalue weighted by Crippen LogP contribution is 2.37. The van der Waals surface area contributed by atoms with Gasteiger partial charge in [0.15, 0.2) is 0 Å². The zero-order valence-electron chi connectivity index (χ0n) is 18.0. The Morgan fingerprint density at radius 3 is 2.69 bits per heavy atom. The number of rotatable bonds is 11. The molecule has 3 rings (SSSR count). The van der Waals surface area contributed by atoms with Crippen molar-refractivity contribution in [2.45, 2.75) is 39.4 Å². The standard InChI is InChI=1S/C24H25NO6S/c1-3-29-24(26)11-10-22(20-7-5-4-6-17(20)2)31-23-14-19(8-9-21(23)25(27)28)30-15-18-12-13-32-16-18/h4-9,12-14,16,22H,3,10-11,15H2,1-2H3. The maximum Gasteiger partial charge on any atom is 0.311 e. The van der Waals surface area contributed by atoms with E-state index < -0.39 is 11.0 Å². The number of esters is 1. The van der Waals surface area contributed by atoms with Crippen molar-refractivity contribution in [2.75, 3.05) is 6.61 Å². The molecule has 1 atom stereocenters. The highest BCUT2D eigenvalue weighted by molar-refractivity contribution is 7.07. The molecule has 0 radical (unpaired) electrons. The second kappa shape index (κ2) is 11.3. The molecule has 8 heteroatoms. The van der Waals surface area contributed by atoms with Gasteiger partial charge in [0.25, 0.3) is 0 Å². The van der Waals surface area contributed by atoms with Gasteiger partial charge in [0.05, 0.1) is 11.5 Å². The molecule has 0 spiro atoms. The molecule has 0 aliphatic rings. The second-order valence-corrected chi connectivity index (χ2v) is 7.89. The predicted octanol–water partition coefficient (Wildman–Crippen LogP) is 6.01. The number of nitro benzene ring substituents is 1. The largest absolute Gasteiger partial charge is 0.489 e. The summed E-state index contributed by atoms with van der Waals surface area (Å²) in [6.45, 7) is 4.33. The van der Waals surface area contributed by atoms with Gasteiger partial charge >= 0.3 is 11.7 Å². The van der Waals surface area contributed by atoms with Crippen LogP contribution < -0.4 is 9.47 Å². The first-order chi connectivity index (χ1) is 15.5. The number of benzene rings is 2. The van der Waals surface area contributed by atoms with Crippen molar-refractivity contribution >= 4 is 23.0 Å². The average molecular weight is 456 g/mol. The third-order valence-corrected chi connectivity index (χ3v) is 5.57. The van der Waals surface area contributed by atoms with E-state index in [4.69, 9.17) is 14.2 Å². The molecule has 3 aromatic rings. The molecule has 1 heterocycles. The molecule has 168 valence electrons. The molecule has 0 fully saturated rings. The van der Waals surface area contributed by atoms with E-state index in [2.05, 4.69) is 0 Å². The number of carbonyl (C=O) groups is 1. The lowest BCUT2D eigenvalue weighted by molar-refractivity contribution is -0.386. The monoisotopic (exact) mass is 455 g/mol. The van der Waals surface area contributed by atoms with Gasteiger partial charge < -0.3 is 14.2 Å². The first kappa shape index (κ1) is 23.3. The number of ether oxygens (including phenoxy) is 3. The summed E-state index contributed by atoms with van der Waals surface area (Å²) in [5, 5.41) is 15.6. The van der Waals surface area contributed by atoms with E-state index in [0.29, 0.717) is 25.4 Å². The zero-order chi connectivity index (χ0) is 22.9. The molecule has 0 N–H and O–H groups in total. The van der Waals surface area contributed by atoms with Crippen LogP contribution in [-0.4, -0.2) is 17.5 Å². The molecule has 0 aliphatic carbocycles. The summed E-state index contributed by atoms with van der Waals surface area (Å²) in [7, 11) is 0. The van der Waals surface area contributed by atoms with Crippen molar-refractivity contribution in [3.8, 4) is 11.5 Å². The fourth-order valence-corrected chi connectivity index (χ4v) is 3.89.